The van der Waals surface area contributed by atoms with Gasteiger partial charge in [0.05, 0.1) is 27.9 Å². The summed E-state index contributed by atoms with van der Waals surface area (Å²) in [4.78, 5) is 13.8. The molecule has 1 aromatic carbocycles. The van der Waals surface area contributed by atoms with Crippen LogP contribution in [0.3, 0.4) is 0 Å². The van der Waals surface area contributed by atoms with Crippen LogP contribution >= 0.6 is 22.9 Å². The number of aliphatic hydroxyl groups is 3. The Morgan fingerprint density at radius 3 is 2.53 bits per heavy atom. The van der Waals surface area contributed by atoms with Crippen LogP contribution in [0.2, 0.25) is 5.15 Å². The maximum atomic E-state index is 10.5. The number of aliphatic hydroxyl groups excluding tert-OH is 3. The van der Waals surface area contributed by atoms with E-state index in [1.165, 1.54) is 11.3 Å². The first kappa shape index (κ1) is 23.1. The number of para-hydroxylation sites is 1. The Hall–Kier alpha value is -2.04. The fourth-order valence-electron chi connectivity index (χ4n) is 3.75. The van der Waals surface area contributed by atoms with Crippen LogP contribution in [0.5, 0.6) is 0 Å². The number of rotatable bonds is 6. The SMILES string of the molecule is CC(C)(C)CNc1nc(Cl)c(-c2nc3ccccc3s2)c(N[C@@H]2C[C@H](CO)[C@@H](O)[C@H]2O)n1. The molecular weight excluding hydrogens is 450 g/mol. The molecule has 0 unspecified atom stereocenters. The first-order valence-corrected chi connectivity index (χ1v) is 11.8. The van der Waals surface area contributed by atoms with Crippen LogP contribution in [0, 0.1) is 11.3 Å². The van der Waals surface area contributed by atoms with Crippen molar-refractivity contribution in [2.45, 2.75) is 45.4 Å². The zero-order valence-corrected chi connectivity index (χ0v) is 19.8. The first-order valence-electron chi connectivity index (χ1n) is 10.6. The van der Waals surface area contributed by atoms with Gasteiger partial charge in [-0.05, 0) is 24.0 Å². The van der Waals surface area contributed by atoms with Crippen LogP contribution in [0.4, 0.5) is 11.8 Å². The molecule has 0 spiro atoms. The molecule has 4 rings (SSSR count). The van der Waals surface area contributed by atoms with Gasteiger partial charge in [-0.1, -0.05) is 44.5 Å². The summed E-state index contributed by atoms with van der Waals surface area (Å²) in [6, 6.07) is 7.29. The first-order chi connectivity index (χ1) is 15.2. The lowest BCUT2D eigenvalue weighted by Crippen LogP contribution is -2.35. The maximum Gasteiger partial charge on any atom is 0.226 e. The standard InChI is InChI=1S/C22H28ClN5O3S/c1-22(2,3)10-24-21-27-18(23)15(20-26-12-6-4-5-7-14(12)32-20)19(28-21)25-13-8-11(9-29)16(30)17(13)31/h4-7,11,13,16-17,29-31H,8-10H2,1-3H3,(H2,24,25,27,28)/t11-,13-,16-,17+/m1/s1. The summed E-state index contributed by atoms with van der Waals surface area (Å²) in [6.07, 6.45) is -1.67. The Morgan fingerprint density at radius 2 is 1.88 bits per heavy atom. The summed E-state index contributed by atoms with van der Waals surface area (Å²) in [5.74, 6) is 0.378. The lowest BCUT2D eigenvalue weighted by atomic mass is 9.97. The number of hydrogen-bond donors (Lipinski definition) is 5. The average molecular weight is 478 g/mol. The number of anilines is 2. The molecule has 0 bridgehead atoms. The molecule has 2 aromatic heterocycles. The van der Waals surface area contributed by atoms with E-state index < -0.39 is 24.2 Å². The van der Waals surface area contributed by atoms with Crippen LogP contribution in [-0.2, 0) is 0 Å². The minimum absolute atomic E-state index is 0.00916. The van der Waals surface area contributed by atoms with Gasteiger partial charge in [-0.15, -0.1) is 11.3 Å². The number of halogens is 1. The zero-order chi connectivity index (χ0) is 23.0. The molecule has 0 amide bonds. The minimum atomic E-state index is -1.05. The fraction of sp³-hybridized carbons (Fsp3) is 0.500. The van der Waals surface area contributed by atoms with Gasteiger partial charge < -0.3 is 26.0 Å². The van der Waals surface area contributed by atoms with Gasteiger partial charge in [0, 0.05) is 19.1 Å². The highest BCUT2D eigenvalue weighted by Crippen LogP contribution is 2.40. The molecule has 8 nitrogen and oxygen atoms in total. The van der Waals surface area contributed by atoms with Crippen molar-refractivity contribution in [2.75, 3.05) is 23.8 Å². The summed E-state index contributed by atoms with van der Waals surface area (Å²) in [5.41, 5.74) is 1.40. The molecule has 10 heteroatoms. The van der Waals surface area contributed by atoms with Crippen molar-refractivity contribution in [2.24, 2.45) is 11.3 Å². The topological polar surface area (TPSA) is 123 Å². The molecule has 0 saturated heterocycles. The third-order valence-electron chi connectivity index (χ3n) is 5.51. The largest absolute Gasteiger partial charge is 0.396 e. The quantitative estimate of drug-likeness (QED) is 0.342. The third kappa shape index (κ3) is 4.82. The Morgan fingerprint density at radius 1 is 1.12 bits per heavy atom. The lowest BCUT2D eigenvalue weighted by molar-refractivity contribution is 0.00446. The van der Waals surface area contributed by atoms with Crippen molar-refractivity contribution in [1.29, 1.82) is 0 Å². The van der Waals surface area contributed by atoms with E-state index in [1.807, 2.05) is 24.3 Å². The number of nitrogens with zero attached hydrogens (tertiary/aromatic N) is 3. The van der Waals surface area contributed by atoms with Gasteiger partial charge in [0.25, 0.3) is 0 Å². The lowest BCUT2D eigenvalue weighted by Gasteiger charge is -2.22. The van der Waals surface area contributed by atoms with Gasteiger partial charge in [-0.3, -0.25) is 0 Å². The number of thiazole rings is 1. The molecule has 1 saturated carbocycles. The van der Waals surface area contributed by atoms with E-state index in [0.29, 0.717) is 35.3 Å². The molecule has 5 N–H and O–H groups in total. The van der Waals surface area contributed by atoms with Gasteiger partial charge >= 0.3 is 0 Å². The number of fused-ring (bicyclic) bond motifs is 1. The summed E-state index contributed by atoms with van der Waals surface area (Å²) in [5, 5.41) is 37.6. The van der Waals surface area contributed by atoms with E-state index >= 15 is 0 Å². The van der Waals surface area contributed by atoms with Crippen LogP contribution in [0.25, 0.3) is 20.8 Å². The van der Waals surface area contributed by atoms with Crippen molar-refractivity contribution in [3.05, 3.63) is 29.4 Å². The van der Waals surface area contributed by atoms with Crippen molar-refractivity contribution in [1.82, 2.24) is 15.0 Å². The van der Waals surface area contributed by atoms with Crippen molar-refractivity contribution in [3.8, 4) is 10.6 Å². The van der Waals surface area contributed by atoms with E-state index in [4.69, 9.17) is 16.6 Å². The summed E-state index contributed by atoms with van der Waals surface area (Å²) < 4.78 is 1.01. The molecule has 0 radical (unpaired) electrons. The molecular formula is C22H28ClN5O3S. The normalized spacial score (nSPS) is 23.6. The van der Waals surface area contributed by atoms with Crippen LogP contribution in [0.15, 0.2) is 24.3 Å². The molecule has 2 heterocycles. The summed E-state index contributed by atoms with van der Waals surface area (Å²) in [7, 11) is 0. The van der Waals surface area contributed by atoms with Crippen molar-refractivity contribution in [3.63, 3.8) is 0 Å². The Kier molecular flexibility index (Phi) is 6.56. The van der Waals surface area contributed by atoms with Gasteiger partial charge in [0.1, 0.15) is 22.1 Å². The Labute approximate surface area is 195 Å². The smallest absolute Gasteiger partial charge is 0.226 e. The van der Waals surface area contributed by atoms with Crippen LogP contribution in [0.1, 0.15) is 27.2 Å². The number of aromatic nitrogens is 3. The number of nitrogens with one attached hydrogen (secondary N) is 2. The predicted molar refractivity (Wildman–Crippen MR) is 128 cm³/mol. The maximum absolute atomic E-state index is 10.5. The van der Waals surface area contributed by atoms with Gasteiger partial charge in [0.2, 0.25) is 5.95 Å². The predicted octanol–water partition coefficient (Wildman–Crippen LogP) is 3.38. The minimum Gasteiger partial charge on any atom is -0.396 e. The van der Waals surface area contributed by atoms with E-state index in [1.54, 1.807) is 0 Å². The van der Waals surface area contributed by atoms with E-state index in [9.17, 15) is 15.3 Å². The molecule has 1 fully saturated rings. The second-order valence-electron chi connectivity index (χ2n) is 9.37. The van der Waals surface area contributed by atoms with Crippen LogP contribution < -0.4 is 10.6 Å². The monoisotopic (exact) mass is 477 g/mol. The number of hydrogen-bond acceptors (Lipinski definition) is 9. The highest BCUT2D eigenvalue weighted by Gasteiger charge is 2.41. The van der Waals surface area contributed by atoms with E-state index in [2.05, 4.69) is 41.4 Å². The van der Waals surface area contributed by atoms with Gasteiger partial charge in [-0.2, -0.15) is 4.98 Å². The van der Waals surface area contributed by atoms with Crippen molar-refractivity contribution < 1.29 is 15.3 Å². The van der Waals surface area contributed by atoms with E-state index in [0.717, 1.165) is 10.2 Å². The van der Waals surface area contributed by atoms with Crippen LogP contribution in [-0.4, -0.2) is 61.7 Å². The molecule has 3 aromatic rings. The molecule has 1 aliphatic rings. The summed E-state index contributed by atoms with van der Waals surface area (Å²) in [6.45, 7) is 6.73. The van der Waals surface area contributed by atoms with Crippen molar-refractivity contribution >= 4 is 44.9 Å². The summed E-state index contributed by atoms with van der Waals surface area (Å²) >= 11 is 8.12. The fourth-order valence-corrected chi connectivity index (χ4v) is 5.08. The molecule has 172 valence electrons. The second kappa shape index (κ2) is 9.07. The molecule has 0 aliphatic heterocycles. The highest BCUT2D eigenvalue weighted by molar-refractivity contribution is 7.21. The van der Waals surface area contributed by atoms with Gasteiger partial charge in [0.15, 0.2) is 0 Å². The highest BCUT2D eigenvalue weighted by atomic mass is 35.5. The Bertz CT molecular complexity index is 1070. The molecule has 1 aliphatic carbocycles. The second-order valence-corrected chi connectivity index (χ2v) is 10.8. The molecule has 4 atom stereocenters. The Balaban J connectivity index is 1.74. The van der Waals surface area contributed by atoms with E-state index in [-0.39, 0.29) is 17.2 Å². The van der Waals surface area contributed by atoms with Gasteiger partial charge in [-0.25, -0.2) is 9.97 Å². The molecule has 32 heavy (non-hydrogen) atoms. The zero-order valence-electron chi connectivity index (χ0n) is 18.2. The third-order valence-corrected chi connectivity index (χ3v) is 6.84. The number of benzene rings is 1. The average Bonchev–Trinajstić information content (AvgIpc) is 3.27.